The lowest BCUT2D eigenvalue weighted by Gasteiger charge is -2.31. The van der Waals surface area contributed by atoms with Gasteiger partial charge in [-0.2, -0.15) is 0 Å². The van der Waals surface area contributed by atoms with E-state index < -0.39 is 0 Å². The van der Waals surface area contributed by atoms with Gasteiger partial charge >= 0.3 is 0 Å². The van der Waals surface area contributed by atoms with E-state index in [2.05, 4.69) is 43.4 Å². The van der Waals surface area contributed by atoms with E-state index >= 15 is 0 Å². The first-order valence-electron chi connectivity index (χ1n) is 8.50. The zero-order valence-corrected chi connectivity index (χ0v) is 13.6. The van der Waals surface area contributed by atoms with E-state index in [4.69, 9.17) is 4.74 Å². The zero-order valence-electron chi connectivity index (χ0n) is 13.6. The summed E-state index contributed by atoms with van der Waals surface area (Å²) in [6, 6.07) is 10.2. The summed E-state index contributed by atoms with van der Waals surface area (Å²) in [4.78, 5) is 0. The highest BCUT2D eigenvalue weighted by molar-refractivity contribution is 5.30. The maximum absolute atomic E-state index is 5.43. The summed E-state index contributed by atoms with van der Waals surface area (Å²) in [6.45, 7) is 5.41. The van der Waals surface area contributed by atoms with Crippen LogP contribution in [0.3, 0.4) is 0 Å². The summed E-state index contributed by atoms with van der Waals surface area (Å²) in [6.07, 6.45) is 5.27. The van der Waals surface area contributed by atoms with E-state index in [0.717, 1.165) is 18.4 Å². The van der Waals surface area contributed by atoms with Crippen LogP contribution in [0.2, 0.25) is 0 Å². The van der Waals surface area contributed by atoms with Gasteiger partial charge in [0, 0.05) is 19.2 Å². The summed E-state index contributed by atoms with van der Waals surface area (Å²) in [7, 11) is 1.81. The van der Waals surface area contributed by atoms with Gasteiger partial charge in [-0.1, -0.05) is 38.1 Å². The van der Waals surface area contributed by atoms with Crippen LogP contribution >= 0.6 is 0 Å². The average Bonchev–Trinajstić information content (AvgIpc) is 2.73. The van der Waals surface area contributed by atoms with E-state index in [1.54, 1.807) is 11.1 Å². The van der Waals surface area contributed by atoms with Crippen molar-refractivity contribution in [2.24, 2.45) is 17.8 Å². The molecule has 0 spiro atoms. The Hall–Kier alpha value is -0.860. The van der Waals surface area contributed by atoms with Gasteiger partial charge in [0.25, 0.3) is 0 Å². The normalized spacial score (nSPS) is 29.2. The molecule has 0 aliphatic heterocycles. The highest BCUT2D eigenvalue weighted by atomic mass is 16.5. The molecule has 21 heavy (non-hydrogen) atoms. The van der Waals surface area contributed by atoms with Crippen LogP contribution in [-0.4, -0.2) is 25.8 Å². The topological polar surface area (TPSA) is 21.3 Å². The first-order chi connectivity index (χ1) is 10.2. The fourth-order valence-electron chi connectivity index (χ4n) is 4.28. The molecule has 0 saturated heterocycles. The molecule has 3 atom stereocenters. The number of rotatable bonds is 5. The molecule has 0 amide bonds. The molecular formula is C19H29NO. The number of ether oxygens (including phenoxy) is 1. The molecule has 2 aliphatic rings. The van der Waals surface area contributed by atoms with Crippen LogP contribution in [0.5, 0.6) is 0 Å². The first kappa shape index (κ1) is 15.1. The molecule has 2 nitrogen and oxygen atoms in total. The van der Waals surface area contributed by atoms with Crippen LogP contribution in [0.15, 0.2) is 24.3 Å². The SMILES string of the molecule is COCC(NC1C2CCC1Cc1ccccc1C2)C(C)C. The van der Waals surface area contributed by atoms with Gasteiger partial charge in [0.2, 0.25) is 0 Å². The second-order valence-corrected chi connectivity index (χ2v) is 7.27. The Balaban J connectivity index is 1.76. The summed E-state index contributed by atoms with van der Waals surface area (Å²) in [5.41, 5.74) is 3.17. The molecule has 3 rings (SSSR count). The van der Waals surface area contributed by atoms with E-state index in [1.165, 1.54) is 25.7 Å². The molecule has 2 aliphatic carbocycles. The summed E-state index contributed by atoms with van der Waals surface area (Å²) in [5, 5.41) is 3.97. The van der Waals surface area contributed by atoms with Gasteiger partial charge in [-0.05, 0) is 54.6 Å². The van der Waals surface area contributed by atoms with E-state index in [-0.39, 0.29) is 0 Å². The fraction of sp³-hybridized carbons (Fsp3) is 0.684. The van der Waals surface area contributed by atoms with Crippen LogP contribution in [0, 0.1) is 17.8 Å². The number of fused-ring (bicyclic) bond motifs is 3. The van der Waals surface area contributed by atoms with Gasteiger partial charge in [-0.3, -0.25) is 0 Å². The van der Waals surface area contributed by atoms with Gasteiger partial charge < -0.3 is 10.1 Å². The predicted octanol–water partition coefficient (Wildman–Crippen LogP) is 3.44. The quantitative estimate of drug-likeness (QED) is 0.895. The molecule has 1 fully saturated rings. The summed E-state index contributed by atoms with van der Waals surface area (Å²) >= 11 is 0. The number of hydrogen-bond acceptors (Lipinski definition) is 2. The molecule has 1 N–H and O–H groups in total. The Kier molecular flexibility index (Phi) is 4.66. The Bertz CT molecular complexity index is 437. The average molecular weight is 287 g/mol. The first-order valence-corrected chi connectivity index (χ1v) is 8.50. The van der Waals surface area contributed by atoms with Crippen molar-refractivity contribution in [3.63, 3.8) is 0 Å². The lowest BCUT2D eigenvalue weighted by Crippen LogP contribution is -2.48. The Morgan fingerprint density at radius 3 is 2.14 bits per heavy atom. The van der Waals surface area contributed by atoms with E-state index in [1.807, 2.05) is 7.11 Å². The van der Waals surface area contributed by atoms with Crippen molar-refractivity contribution in [2.45, 2.75) is 51.6 Å². The van der Waals surface area contributed by atoms with Crippen LogP contribution in [0.25, 0.3) is 0 Å². The molecule has 116 valence electrons. The van der Waals surface area contributed by atoms with Crippen molar-refractivity contribution in [1.82, 2.24) is 5.32 Å². The highest BCUT2D eigenvalue weighted by Gasteiger charge is 2.39. The molecule has 2 bridgehead atoms. The van der Waals surface area contributed by atoms with Crippen molar-refractivity contribution in [1.29, 1.82) is 0 Å². The maximum atomic E-state index is 5.43. The largest absolute Gasteiger partial charge is 0.383 e. The minimum absolute atomic E-state index is 0.476. The molecule has 2 heteroatoms. The van der Waals surface area contributed by atoms with Crippen LogP contribution in [-0.2, 0) is 17.6 Å². The lowest BCUT2D eigenvalue weighted by molar-refractivity contribution is 0.130. The Morgan fingerprint density at radius 2 is 1.67 bits per heavy atom. The number of hydrogen-bond donors (Lipinski definition) is 1. The number of methoxy groups -OCH3 is 1. The minimum Gasteiger partial charge on any atom is -0.383 e. The van der Waals surface area contributed by atoms with Crippen LogP contribution in [0.4, 0.5) is 0 Å². The standard InChI is InChI=1S/C19H29NO/c1-13(2)18(12-21-3)20-19-16-8-9-17(19)11-15-7-5-4-6-14(15)10-16/h4-7,13,16-20H,8-12H2,1-3H3. The molecule has 1 aromatic rings. The maximum Gasteiger partial charge on any atom is 0.0618 e. The molecule has 0 aromatic heterocycles. The van der Waals surface area contributed by atoms with E-state index in [9.17, 15) is 0 Å². The third kappa shape index (κ3) is 3.17. The molecule has 1 aromatic carbocycles. The molecule has 1 saturated carbocycles. The molecule has 3 unspecified atom stereocenters. The lowest BCUT2D eigenvalue weighted by atomic mass is 9.92. The van der Waals surface area contributed by atoms with E-state index in [0.29, 0.717) is 18.0 Å². The summed E-state index contributed by atoms with van der Waals surface area (Å²) in [5.74, 6) is 2.23. The Morgan fingerprint density at radius 1 is 1.10 bits per heavy atom. The van der Waals surface area contributed by atoms with Gasteiger partial charge in [0.1, 0.15) is 0 Å². The predicted molar refractivity (Wildman–Crippen MR) is 87.5 cm³/mol. The highest BCUT2D eigenvalue weighted by Crippen LogP contribution is 2.40. The van der Waals surface area contributed by atoms with Crippen LogP contribution < -0.4 is 5.32 Å². The molecular weight excluding hydrogens is 258 g/mol. The zero-order chi connectivity index (χ0) is 14.8. The minimum atomic E-state index is 0.476. The van der Waals surface area contributed by atoms with Gasteiger partial charge in [-0.15, -0.1) is 0 Å². The van der Waals surface area contributed by atoms with Crippen molar-refractivity contribution >= 4 is 0 Å². The van der Waals surface area contributed by atoms with Crippen molar-refractivity contribution in [3.8, 4) is 0 Å². The second kappa shape index (κ2) is 6.50. The monoisotopic (exact) mass is 287 g/mol. The fourth-order valence-corrected chi connectivity index (χ4v) is 4.28. The van der Waals surface area contributed by atoms with Gasteiger partial charge in [-0.25, -0.2) is 0 Å². The van der Waals surface area contributed by atoms with Gasteiger partial charge in [0.15, 0.2) is 0 Å². The second-order valence-electron chi connectivity index (χ2n) is 7.27. The van der Waals surface area contributed by atoms with Crippen LogP contribution in [0.1, 0.15) is 37.8 Å². The number of benzene rings is 1. The smallest absolute Gasteiger partial charge is 0.0618 e. The third-order valence-corrected chi connectivity index (χ3v) is 5.56. The molecule has 0 heterocycles. The Labute approximate surface area is 129 Å². The van der Waals surface area contributed by atoms with Crippen molar-refractivity contribution in [2.75, 3.05) is 13.7 Å². The number of nitrogens with one attached hydrogen (secondary N) is 1. The summed E-state index contributed by atoms with van der Waals surface area (Å²) < 4.78 is 5.43. The third-order valence-electron chi connectivity index (χ3n) is 5.56. The molecule has 0 radical (unpaired) electrons. The van der Waals surface area contributed by atoms with Crippen molar-refractivity contribution in [3.05, 3.63) is 35.4 Å². The van der Waals surface area contributed by atoms with Crippen molar-refractivity contribution < 1.29 is 4.74 Å². The van der Waals surface area contributed by atoms with Gasteiger partial charge in [0.05, 0.1) is 6.61 Å².